The number of aromatic nitrogens is 3. The van der Waals surface area contributed by atoms with Crippen LogP contribution in [-0.4, -0.2) is 14.7 Å². The van der Waals surface area contributed by atoms with Crippen molar-refractivity contribution in [2.45, 2.75) is 13.5 Å². The molecule has 0 aliphatic heterocycles. The standard InChI is InChI=1S/C14H13N3O/c1-11-9-13(18-16-11)14-15-7-8-17(14)10-12-5-3-2-4-6-12/h2-9H,10H2,1H3. The summed E-state index contributed by atoms with van der Waals surface area (Å²) in [5.41, 5.74) is 2.09. The molecule has 0 aliphatic rings. The quantitative estimate of drug-likeness (QED) is 0.705. The molecule has 2 aromatic heterocycles. The summed E-state index contributed by atoms with van der Waals surface area (Å²) in [6, 6.07) is 12.2. The first-order chi connectivity index (χ1) is 8.83. The Labute approximate surface area is 105 Å². The van der Waals surface area contributed by atoms with Crippen LogP contribution in [0.3, 0.4) is 0 Å². The van der Waals surface area contributed by atoms with Gasteiger partial charge in [-0.2, -0.15) is 0 Å². The van der Waals surface area contributed by atoms with Crippen LogP contribution in [-0.2, 0) is 6.54 Å². The lowest BCUT2D eigenvalue weighted by molar-refractivity contribution is 0.423. The SMILES string of the molecule is Cc1cc(-c2nccn2Cc2ccccc2)on1. The Hall–Kier alpha value is -2.36. The van der Waals surface area contributed by atoms with Gasteiger partial charge in [0.1, 0.15) is 0 Å². The third-order valence-electron chi connectivity index (χ3n) is 2.76. The van der Waals surface area contributed by atoms with Crippen molar-refractivity contribution in [2.75, 3.05) is 0 Å². The van der Waals surface area contributed by atoms with Gasteiger partial charge in [0, 0.05) is 25.0 Å². The Bertz CT molecular complexity index is 640. The van der Waals surface area contributed by atoms with Crippen molar-refractivity contribution in [3.05, 3.63) is 60.0 Å². The molecule has 0 N–H and O–H groups in total. The highest BCUT2D eigenvalue weighted by Crippen LogP contribution is 2.19. The van der Waals surface area contributed by atoms with Crippen molar-refractivity contribution in [2.24, 2.45) is 0 Å². The predicted octanol–water partition coefficient (Wildman–Crippen LogP) is 2.89. The van der Waals surface area contributed by atoms with Gasteiger partial charge >= 0.3 is 0 Å². The number of aryl methyl sites for hydroxylation is 1. The minimum Gasteiger partial charge on any atom is -0.353 e. The van der Waals surface area contributed by atoms with E-state index in [1.54, 1.807) is 6.20 Å². The van der Waals surface area contributed by atoms with Crippen molar-refractivity contribution in [3.63, 3.8) is 0 Å². The van der Waals surface area contributed by atoms with E-state index in [4.69, 9.17) is 4.52 Å². The monoisotopic (exact) mass is 239 g/mol. The van der Waals surface area contributed by atoms with E-state index in [0.29, 0.717) is 5.76 Å². The molecule has 0 saturated carbocycles. The van der Waals surface area contributed by atoms with Gasteiger partial charge in [0.2, 0.25) is 5.76 Å². The highest BCUT2D eigenvalue weighted by Gasteiger charge is 2.11. The molecule has 0 bridgehead atoms. The highest BCUT2D eigenvalue weighted by molar-refractivity contribution is 5.47. The summed E-state index contributed by atoms with van der Waals surface area (Å²) in [4.78, 5) is 4.33. The van der Waals surface area contributed by atoms with Crippen LogP contribution in [0.1, 0.15) is 11.3 Å². The first-order valence-electron chi connectivity index (χ1n) is 5.82. The van der Waals surface area contributed by atoms with E-state index in [9.17, 15) is 0 Å². The summed E-state index contributed by atoms with van der Waals surface area (Å²) in [6.45, 7) is 2.67. The zero-order chi connectivity index (χ0) is 12.4. The molecule has 0 amide bonds. The van der Waals surface area contributed by atoms with Crippen LogP contribution in [0.25, 0.3) is 11.6 Å². The highest BCUT2D eigenvalue weighted by atomic mass is 16.5. The zero-order valence-electron chi connectivity index (χ0n) is 10.1. The summed E-state index contributed by atoms with van der Waals surface area (Å²) >= 11 is 0. The van der Waals surface area contributed by atoms with Gasteiger partial charge in [0.25, 0.3) is 0 Å². The van der Waals surface area contributed by atoms with Crippen molar-refractivity contribution in [3.8, 4) is 11.6 Å². The van der Waals surface area contributed by atoms with Crippen LogP contribution >= 0.6 is 0 Å². The Kier molecular flexibility index (Phi) is 2.68. The second-order valence-corrected chi connectivity index (χ2v) is 4.20. The summed E-state index contributed by atoms with van der Waals surface area (Å²) in [5.74, 6) is 1.51. The van der Waals surface area contributed by atoms with Gasteiger partial charge in [-0.25, -0.2) is 4.98 Å². The molecule has 3 rings (SSSR count). The topological polar surface area (TPSA) is 43.9 Å². The Morgan fingerprint density at radius 1 is 1.22 bits per heavy atom. The maximum Gasteiger partial charge on any atom is 0.202 e. The summed E-state index contributed by atoms with van der Waals surface area (Å²) < 4.78 is 7.30. The van der Waals surface area contributed by atoms with E-state index < -0.39 is 0 Å². The number of benzene rings is 1. The molecule has 90 valence electrons. The maximum atomic E-state index is 5.25. The van der Waals surface area contributed by atoms with Gasteiger partial charge in [-0.15, -0.1) is 0 Å². The molecule has 0 aliphatic carbocycles. The molecular formula is C14H13N3O. The molecule has 4 nitrogen and oxygen atoms in total. The van der Waals surface area contributed by atoms with Crippen molar-refractivity contribution in [1.82, 2.24) is 14.7 Å². The lowest BCUT2D eigenvalue weighted by Gasteiger charge is -2.05. The van der Waals surface area contributed by atoms with Gasteiger partial charge in [0.05, 0.1) is 5.69 Å². The Morgan fingerprint density at radius 2 is 2.06 bits per heavy atom. The van der Waals surface area contributed by atoms with Gasteiger partial charge in [-0.05, 0) is 12.5 Å². The minimum absolute atomic E-state index is 0.702. The molecule has 0 spiro atoms. The van der Waals surface area contributed by atoms with Crippen LogP contribution in [0.2, 0.25) is 0 Å². The second-order valence-electron chi connectivity index (χ2n) is 4.20. The minimum atomic E-state index is 0.702. The van der Waals surface area contributed by atoms with Crippen LogP contribution < -0.4 is 0 Å². The Morgan fingerprint density at radius 3 is 2.78 bits per heavy atom. The van der Waals surface area contributed by atoms with Gasteiger partial charge in [-0.3, -0.25) is 0 Å². The fraction of sp³-hybridized carbons (Fsp3) is 0.143. The molecule has 18 heavy (non-hydrogen) atoms. The predicted molar refractivity (Wildman–Crippen MR) is 68.0 cm³/mol. The lowest BCUT2D eigenvalue weighted by Crippen LogP contribution is -2.00. The maximum absolute atomic E-state index is 5.25. The fourth-order valence-corrected chi connectivity index (χ4v) is 1.91. The number of rotatable bonds is 3. The number of imidazole rings is 1. The number of nitrogens with zero attached hydrogens (tertiary/aromatic N) is 3. The van der Waals surface area contributed by atoms with Crippen LogP contribution in [0.15, 0.2) is 53.3 Å². The molecule has 0 radical (unpaired) electrons. The van der Waals surface area contributed by atoms with Gasteiger partial charge in [-0.1, -0.05) is 35.5 Å². The molecule has 0 atom stereocenters. The van der Waals surface area contributed by atoms with E-state index in [1.165, 1.54) is 5.56 Å². The van der Waals surface area contributed by atoms with Gasteiger partial charge < -0.3 is 9.09 Å². The van der Waals surface area contributed by atoms with Crippen molar-refractivity contribution in [1.29, 1.82) is 0 Å². The zero-order valence-corrected chi connectivity index (χ0v) is 10.1. The average molecular weight is 239 g/mol. The van der Waals surface area contributed by atoms with Crippen molar-refractivity contribution < 1.29 is 4.52 Å². The third-order valence-corrected chi connectivity index (χ3v) is 2.76. The summed E-state index contributed by atoms with van der Waals surface area (Å²) in [7, 11) is 0. The molecule has 3 aromatic rings. The van der Waals surface area contributed by atoms with E-state index in [-0.39, 0.29) is 0 Å². The molecule has 1 aromatic carbocycles. The average Bonchev–Trinajstić information content (AvgIpc) is 2.99. The smallest absolute Gasteiger partial charge is 0.202 e. The second kappa shape index (κ2) is 4.49. The third kappa shape index (κ3) is 2.05. The molecule has 0 saturated heterocycles. The molecule has 2 heterocycles. The van der Waals surface area contributed by atoms with E-state index >= 15 is 0 Å². The van der Waals surface area contributed by atoms with E-state index in [1.807, 2.05) is 37.4 Å². The molecule has 0 unspecified atom stereocenters. The summed E-state index contributed by atoms with van der Waals surface area (Å²) in [6.07, 6.45) is 3.72. The first kappa shape index (κ1) is 10.8. The van der Waals surface area contributed by atoms with Crippen LogP contribution in [0.5, 0.6) is 0 Å². The first-order valence-corrected chi connectivity index (χ1v) is 5.82. The normalized spacial score (nSPS) is 10.7. The summed E-state index contributed by atoms with van der Waals surface area (Å²) in [5, 5.41) is 3.89. The number of hydrogen-bond acceptors (Lipinski definition) is 3. The van der Waals surface area contributed by atoms with E-state index in [2.05, 4.69) is 26.8 Å². The van der Waals surface area contributed by atoms with Crippen LogP contribution in [0, 0.1) is 6.92 Å². The lowest BCUT2D eigenvalue weighted by atomic mass is 10.2. The largest absolute Gasteiger partial charge is 0.353 e. The van der Waals surface area contributed by atoms with Gasteiger partial charge in [0.15, 0.2) is 5.82 Å². The molecule has 4 heteroatoms. The fourth-order valence-electron chi connectivity index (χ4n) is 1.91. The van der Waals surface area contributed by atoms with E-state index in [0.717, 1.165) is 18.1 Å². The number of hydrogen-bond donors (Lipinski definition) is 0. The van der Waals surface area contributed by atoms with Crippen LogP contribution in [0.4, 0.5) is 0 Å². The Balaban J connectivity index is 1.93. The molecule has 0 fully saturated rings. The van der Waals surface area contributed by atoms with Crippen molar-refractivity contribution >= 4 is 0 Å². The molecular weight excluding hydrogens is 226 g/mol.